The van der Waals surface area contributed by atoms with Crippen molar-refractivity contribution in [1.82, 2.24) is 0 Å². The maximum Gasteiger partial charge on any atom is 0.333 e. The number of hydrogen-bond donors (Lipinski definition) is 0. The molecule has 0 aliphatic carbocycles. The number of hydrogen-bond acceptors (Lipinski definition) is 4. The van der Waals surface area contributed by atoms with E-state index in [9.17, 15) is 14.0 Å². The van der Waals surface area contributed by atoms with E-state index in [1.165, 1.54) is 6.07 Å². The molecular formula is C25H23FO4. The van der Waals surface area contributed by atoms with E-state index in [1.54, 1.807) is 13.0 Å². The van der Waals surface area contributed by atoms with Crippen LogP contribution < -0.4 is 0 Å². The smallest absolute Gasteiger partial charge is 0.333 e. The SMILES string of the molecule is C=CC(=O)OCCc1ccc2c(c1)cc(F)c1cc(CCOC(=O)C(=C)C)ccc12. The first kappa shape index (κ1) is 21.2. The molecule has 0 N–H and O–H groups in total. The zero-order chi connectivity index (χ0) is 21.7. The summed E-state index contributed by atoms with van der Waals surface area (Å²) in [6, 6.07) is 12.9. The van der Waals surface area contributed by atoms with Crippen LogP contribution in [0.5, 0.6) is 0 Å². The van der Waals surface area contributed by atoms with Gasteiger partial charge in [-0.05, 0) is 46.3 Å². The standard InChI is InChI=1S/C25H23FO4/c1-4-24(27)29-11-9-17-5-7-20-19(13-17)15-23(26)22-14-18(6-8-21(20)22)10-12-30-25(28)16(2)3/h4-8,13-15H,1-2,9-12H2,3H3. The lowest BCUT2D eigenvalue weighted by Crippen LogP contribution is -2.08. The van der Waals surface area contributed by atoms with Crippen LogP contribution in [-0.4, -0.2) is 25.2 Å². The first-order chi connectivity index (χ1) is 14.4. The lowest BCUT2D eigenvalue weighted by Gasteiger charge is -2.10. The van der Waals surface area contributed by atoms with Gasteiger partial charge in [-0.3, -0.25) is 0 Å². The van der Waals surface area contributed by atoms with Gasteiger partial charge in [-0.25, -0.2) is 14.0 Å². The Bertz CT molecular complexity index is 1150. The van der Waals surface area contributed by atoms with Crippen molar-refractivity contribution in [2.24, 2.45) is 0 Å². The molecule has 0 fully saturated rings. The van der Waals surface area contributed by atoms with Crippen molar-refractivity contribution in [3.63, 3.8) is 0 Å². The molecule has 0 unspecified atom stereocenters. The van der Waals surface area contributed by atoms with E-state index in [-0.39, 0.29) is 19.0 Å². The number of carbonyl (C=O) groups is 2. The van der Waals surface area contributed by atoms with E-state index in [0.717, 1.165) is 33.4 Å². The number of esters is 2. The number of benzene rings is 3. The third kappa shape index (κ3) is 4.92. The van der Waals surface area contributed by atoms with Gasteiger partial charge in [0.2, 0.25) is 0 Å². The van der Waals surface area contributed by atoms with Crippen molar-refractivity contribution in [2.45, 2.75) is 19.8 Å². The predicted molar refractivity (Wildman–Crippen MR) is 116 cm³/mol. The minimum absolute atomic E-state index is 0.214. The van der Waals surface area contributed by atoms with Gasteiger partial charge in [0.25, 0.3) is 0 Å². The molecule has 3 aromatic carbocycles. The monoisotopic (exact) mass is 406 g/mol. The zero-order valence-corrected chi connectivity index (χ0v) is 16.9. The highest BCUT2D eigenvalue weighted by molar-refractivity contribution is 6.08. The van der Waals surface area contributed by atoms with Crippen LogP contribution in [0.15, 0.2) is 67.3 Å². The quantitative estimate of drug-likeness (QED) is 0.298. The van der Waals surface area contributed by atoms with Gasteiger partial charge in [-0.2, -0.15) is 0 Å². The molecule has 0 atom stereocenters. The molecule has 0 aromatic heterocycles. The highest BCUT2D eigenvalue weighted by Crippen LogP contribution is 2.30. The third-order valence-corrected chi connectivity index (χ3v) is 4.80. The Hall–Kier alpha value is -3.47. The molecule has 154 valence electrons. The molecule has 30 heavy (non-hydrogen) atoms. The van der Waals surface area contributed by atoms with Crippen molar-refractivity contribution >= 4 is 33.5 Å². The lowest BCUT2D eigenvalue weighted by molar-refractivity contribution is -0.139. The van der Waals surface area contributed by atoms with Gasteiger partial charge in [-0.15, -0.1) is 0 Å². The average Bonchev–Trinajstić information content (AvgIpc) is 2.73. The van der Waals surface area contributed by atoms with E-state index < -0.39 is 11.9 Å². The molecule has 3 rings (SSSR count). The maximum atomic E-state index is 14.8. The summed E-state index contributed by atoms with van der Waals surface area (Å²) >= 11 is 0. The van der Waals surface area contributed by atoms with Crippen LogP contribution in [0.2, 0.25) is 0 Å². The van der Waals surface area contributed by atoms with Gasteiger partial charge in [0.1, 0.15) is 5.82 Å². The Morgan fingerprint density at radius 2 is 1.57 bits per heavy atom. The fraction of sp³-hybridized carbons (Fsp3) is 0.200. The minimum Gasteiger partial charge on any atom is -0.462 e. The Labute approximate surface area is 174 Å². The van der Waals surface area contributed by atoms with Crippen LogP contribution in [0.3, 0.4) is 0 Å². The second kappa shape index (κ2) is 9.35. The number of rotatable bonds is 8. The first-order valence-corrected chi connectivity index (χ1v) is 9.64. The number of ether oxygens (including phenoxy) is 2. The van der Waals surface area contributed by atoms with Crippen molar-refractivity contribution in [2.75, 3.05) is 13.2 Å². The fourth-order valence-electron chi connectivity index (χ4n) is 3.24. The molecule has 0 spiro atoms. The van der Waals surface area contributed by atoms with Crippen molar-refractivity contribution in [3.8, 4) is 0 Å². The largest absolute Gasteiger partial charge is 0.462 e. The second-order valence-electron chi connectivity index (χ2n) is 7.08. The molecule has 0 saturated carbocycles. The highest BCUT2D eigenvalue weighted by atomic mass is 19.1. The van der Waals surface area contributed by atoms with Gasteiger partial charge in [0.15, 0.2) is 0 Å². The summed E-state index contributed by atoms with van der Waals surface area (Å²) in [5, 5.41) is 3.07. The van der Waals surface area contributed by atoms with E-state index >= 15 is 0 Å². The summed E-state index contributed by atoms with van der Waals surface area (Å²) in [6.07, 6.45) is 2.16. The van der Waals surface area contributed by atoms with E-state index in [1.807, 2.05) is 30.3 Å². The molecule has 0 aliphatic heterocycles. The van der Waals surface area contributed by atoms with Gasteiger partial charge >= 0.3 is 11.9 Å². The number of carbonyl (C=O) groups excluding carboxylic acids is 2. The molecule has 3 aromatic rings. The van der Waals surface area contributed by atoms with Crippen LogP contribution in [0.4, 0.5) is 4.39 Å². The van der Waals surface area contributed by atoms with Crippen molar-refractivity contribution in [1.29, 1.82) is 0 Å². The highest BCUT2D eigenvalue weighted by Gasteiger charge is 2.10. The fourth-order valence-corrected chi connectivity index (χ4v) is 3.24. The van der Waals surface area contributed by atoms with E-state index in [4.69, 9.17) is 9.47 Å². The average molecular weight is 406 g/mol. The molecule has 0 amide bonds. The molecule has 0 radical (unpaired) electrons. The Morgan fingerprint density at radius 3 is 2.23 bits per heavy atom. The molecule has 0 saturated heterocycles. The summed E-state index contributed by atoms with van der Waals surface area (Å²) in [4.78, 5) is 22.6. The molecular weight excluding hydrogens is 383 g/mol. The Kier molecular flexibility index (Phi) is 6.62. The Balaban J connectivity index is 1.80. The number of halogens is 1. The zero-order valence-electron chi connectivity index (χ0n) is 16.9. The summed E-state index contributed by atoms with van der Waals surface area (Å²) in [5.41, 5.74) is 2.19. The normalized spacial score (nSPS) is 10.7. The van der Waals surface area contributed by atoms with Gasteiger partial charge in [0, 0.05) is 29.9 Å². The molecule has 0 heterocycles. The topological polar surface area (TPSA) is 52.6 Å². The first-order valence-electron chi connectivity index (χ1n) is 9.64. The molecule has 0 bridgehead atoms. The lowest BCUT2D eigenvalue weighted by atomic mass is 9.97. The predicted octanol–water partition coefficient (Wildman–Crippen LogP) is 5.07. The van der Waals surface area contributed by atoms with Crippen LogP contribution in [0.1, 0.15) is 18.1 Å². The maximum absolute atomic E-state index is 14.8. The molecule has 5 heteroatoms. The van der Waals surface area contributed by atoms with Crippen LogP contribution in [0.25, 0.3) is 21.5 Å². The summed E-state index contributed by atoms with van der Waals surface area (Å²) in [7, 11) is 0. The van der Waals surface area contributed by atoms with Crippen molar-refractivity contribution in [3.05, 3.63) is 84.2 Å². The Morgan fingerprint density at radius 1 is 0.933 bits per heavy atom. The van der Waals surface area contributed by atoms with Crippen molar-refractivity contribution < 1.29 is 23.5 Å². The third-order valence-electron chi connectivity index (χ3n) is 4.80. The van der Waals surface area contributed by atoms with Crippen LogP contribution >= 0.6 is 0 Å². The van der Waals surface area contributed by atoms with Crippen LogP contribution in [0, 0.1) is 5.82 Å². The van der Waals surface area contributed by atoms with Gasteiger partial charge in [0.05, 0.1) is 13.2 Å². The summed E-state index contributed by atoms with van der Waals surface area (Å²) in [6.45, 7) is 8.96. The van der Waals surface area contributed by atoms with Crippen LogP contribution in [-0.2, 0) is 31.9 Å². The number of fused-ring (bicyclic) bond motifs is 3. The van der Waals surface area contributed by atoms with Gasteiger partial charge < -0.3 is 9.47 Å². The minimum atomic E-state index is -0.460. The van der Waals surface area contributed by atoms with Gasteiger partial charge in [-0.1, -0.05) is 43.5 Å². The summed E-state index contributed by atoms with van der Waals surface area (Å²) < 4.78 is 24.9. The molecule has 0 aliphatic rings. The molecule has 4 nitrogen and oxygen atoms in total. The second-order valence-corrected chi connectivity index (χ2v) is 7.08. The van der Waals surface area contributed by atoms with E-state index in [0.29, 0.717) is 23.8 Å². The van der Waals surface area contributed by atoms with E-state index in [2.05, 4.69) is 13.2 Å². The summed E-state index contributed by atoms with van der Waals surface area (Å²) in [5.74, 6) is -1.20.